The van der Waals surface area contributed by atoms with Crippen molar-refractivity contribution < 1.29 is 58.1 Å². The molecule has 0 heterocycles. The summed E-state index contributed by atoms with van der Waals surface area (Å²) >= 11 is 0. The highest BCUT2D eigenvalue weighted by atomic mass is 19.4. The van der Waals surface area contributed by atoms with Gasteiger partial charge in [0, 0.05) is 18.9 Å². The largest absolute Gasteiger partial charge is 0.542 e. The van der Waals surface area contributed by atoms with Gasteiger partial charge in [-0.3, -0.25) is 14.4 Å². The Kier molecular flexibility index (Phi) is 18.8. The average molecular weight is 608 g/mol. The average Bonchev–Trinajstić information content (AvgIpc) is 2.90. The van der Waals surface area contributed by atoms with Gasteiger partial charge >= 0.3 is 12.1 Å². The third-order valence-electron chi connectivity index (χ3n) is 6.00. The number of carbonyl (C=O) groups is 4. The second-order valence-electron chi connectivity index (χ2n) is 10.1. The number of halogens is 3. The van der Waals surface area contributed by atoms with Gasteiger partial charge in [0.1, 0.15) is 11.7 Å². The van der Waals surface area contributed by atoms with E-state index in [1.165, 1.54) is 0 Å². The molecule has 1 aromatic carbocycles. The molecule has 0 bridgehead atoms. The van der Waals surface area contributed by atoms with Gasteiger partial charge < -0.3 is 41.2 Å². The van der Waals surface area contributed by atoms with Gasteiger partial charge in [-0.2, -0.15) is 13.2 Å². The molecule has 42 heavy (non-hydrogen) atoms. The summed E-state index contributed by atoms with van der Waals surface area (Å²) in [6.07, 6.45) is -1.30. The molecule has 1 aromatic rings. The number of carbonyl (C=O) groups excluding carboxylic acids is 3. The highest BCUT2D eigenvalue weighted by Crippen LogP contribution is 2.19. The quantitative estimate of drug-likeness (QED) is 0.152. The van der Waals surface area contributed by atoms with Crippen LogP contribution in [0.2, 0.25) is 0 Å². The molecule has 2 amide bonds. The Hall–Kier alpha value is -3.39. The van der Waals surface area contributed by atoms with Crippen molar-refractivity contribution in [3.8, 4) is 5.75 Å². The molecule has 0 spiro atoms. The van der Waals surface area contributed by atoms with Gasteiger partial charge in [0.25, 0.3) is 5.91 Å². The first-order valence-electron chi connectivity index (χ1n) is 13.9. The second-order valence-corrected chi connectivity index (χ2v) is 10.1. The Balaban J connectivity index is 0.00000212. The van der Waals surface area contributed by atoms with Crippen LogP contribution in [0.5, 0.6) is 5.75 Å². The summed E-state index contributed by atoms with van der Waals surface area (Å²) in [4.78, 5) is 44.1. The van der Waals surface area contributed by atoms with E-state index < -0.39 is 42.2 Å². The van der Waals surface area contributed by atoms with E-state index in [2.05, 4.69) is 23.3 Å². The van der Waals surface area contributed by atoms with Crippen molar-refractivity contribution in [3.05, 3.63) is 29.8 Å². The van der Waals surface area contributed by atoms with E-state index in [4.69, 9.17) is 19.7 Å². The molecule has 14 heteroatoms. The Labute approximate surface area is 244 Å². The van der Waals surface area contributed by atoms with E-state index in [-0.39, 0.29) is 24.7 Å². The number of quaternary nitrogens is 1. The first kappa shape index (κ1) is 38.6. The van der Waals surface area contributed by atoms with Gasteiger partial charge in [-0.05, 0) is 63.1 Å². The lowest BCUT2D eigenvalue weighted by Crippen LogP contribution is -2.67. The number of aliphatic carboxylic acids is 2. The summed E-state index contributed by atoms with van der Waals surface area (Å²) in [5.74, 6) is -3.88. The minimum Gasteiger partial charge on any atom is -0.542 e. The first-order chi connectivity index (χ1) is 19.6. The van der Waals surface area contributed by atoms with E-state index in [9.17, 15) is 32.7 Å². The molecule has 0 aliphatic carbocycles. The Bertz CT molecular complexity index is 976. The molecule has 0 aromatic heterocycles. The predicted molar refractivity (Wildman–Crippen MR) is 145 cm³/mol. The molecule has 4 atom stereocenters. The van der Waals surface area contributed by atoms with Crippen LogP contribution in [0.3, 0.4) is 0 Å². The molecule has 0 saturated carbocycles. The van der Waals surface area contributed by atoms with Crippen molar-refractivity contribution in [2.45, 2.75) is 96.5 Å². The van der Waals surface area contributed by atoms with Crippen LogP contribution in [0, 0.1) is 5.92 Å². The molecule has 11 nitrogen and oxygen atoms in total. The fraction of sp³-hybridized carbons (Fsp3) is 0.643. The standard InChI is InChI=1S/C26H43N3O6.C2HF3O2/c1-4-5-13-28-25(33)18(2)15-23(30)22(29-26(34)19(3)27)17-20-10-9-11-21(16-20)35-14-8-6-7-12-24(31)32;3-2(4,5)1(6)7/h9-11,16,18-19,22-23,30H,4-8,12-15,17,27H2,1-3H3,(H,28,33)(H,29,34)(H,31,32);(H,6,7)/t18-,19+,22+,23+;/m1./s1. The normalized spacial score (nSPS) is 13.9. The molecule has 0 saturated heterocycles. The number of carboxylic acid groups (broad SMARTS) is 2. The van der Waals surface area contributed by atoms with Gasteiger partial charge in [-0.1, -0.05) is 32.4 Å². The van der Waals surface area contributed by atoms with Crippen LogP contribution in [0.4, 0.5) is 13.2 Å². The molecule has 7 N–H and O–H groups in total. The number of hydrogen-bond acceptors (Lipinski definition) is 7. The number of aliphatic hydroxyl groups is 1. The number of benzene rings is 1. The van der Waals surface area contributed by atoms with Crippen LogP contribution in [-0.2, 0) is 25.6 Å². The summed E-state index contributed by atoms with van der Waals surface area (Å²) in [5.41, 5.74) is 4.64. The van der Waals surface area contributed by atoms with Crippen LogP contribution >= 0.6 is 0 Å². The van der Waals surface area contributed by atoms with Crippen molar-refractivity contribution in [1.82, 2.24) is 10.6 Å². The minimum absolute atomic E-state index is 0.105. The number of aliphatic hydroxyl groups excluding tert-OH is 1. The fourth-order valence-electron chi connectivity index (χ4n) is 3.57. The third kappa shape index (κ3) is 18.1. The predicted octanol–water partition coefficient (Wildman–Crippen LogP) is 0.970. The smallest absolute Gasteiger partial charge is 0.430 e. The number of nitrogens with one attached hydrogen (secondary N) is 2. The number of unbranched alkanes of at least 4 members (excludes halogenated alkanes) is 3. The number of alkyl halides is 3. The first-order valence-corrected chi connectivity index (χ1v) is 13.9. The van der Waals surface area contributed by atoms with E-state index in [1.807, 2.05) is 24.3 Å². The van der Waals surface area contributed by atoms with Crippen molar-refractivity contribution in [1.29, 1.82) is 0 Å². The third-order valence-corrected chi connectivity index (χ3v) is 6.00. The Morgan fingerprint density at radius 1 is 1.07 bits per heavy atom. The summed E-state index contributed by atoms with van der Waals surface area (Å²) in [5, 5.41) is 34.2. The maximum Gasteiger partial charge on any atom is 0.430 e. The van der Waals surface area contributed by atoms with Crippen LogP contribution < -0.4 is 26.2 Å². The molecule has 0 unspecified atom stereocenters. The number of hydrogen-bond donors (Lipinski definition) is 5. The van der Waals surface area contributed by atoms with E-state index in [1.54, 1.807) is 13.8 Å². The van der Waals surface area contributed by atoms with Crippen molar-refractivity contribution >= 4 is 23.8 Å². The second kappa shape index (κ2) is 20.5. The fourth-order valence-corrected chi connectivity index (χ4v) is 3.57. The van der Waals surface area contributed by atoms with Gasteiger partial charge in [-0.15, -0.1) is 0 Å². The van der Waals surface area contributed by atoms with Crippen LogP contribution in [0.25, 0.3) is 0 Å². The lowest BCUT2D eigenvalue weighted by Gasteiger charge is -2.26. The molecular formula is C28H44F3N3O8. The zero-order chi connectivity index (χ0) is 32.3. The molecule has 1 rings (SSSR count). The highest BCUT2D eigenvalue weighted by molar-refractivity contribution is 5.80. The summed E-state index contributed by atoms with van der Waals surface area (Å²) < 4.78 is 37.3. The summed E-state index contributed by atoms with van der Waals surface area (Å²) in [6, 6.07) is 6.41. The van der Waals surface area contributed by atoms with Crippen molar-refractivity contribution in [3.63, 3.8) is 0 Å². The highest BCUT2D eigenvalue weighted by Gasteiger charge is 2.29. The van der Waals surface area contributed by atoms with Gasteiger partial charge in [0.2, 0.25) is 5.91 Å². The van der Waals surface area contributed by atoms with Crippen molar-refractivity contribution in [2.75, 3.05) is 13.2 Å². The molecule has 240 valence electrons. The molecule has 0 fully saturated rings. The maximum absolute atomic E-state index is 12.4. The molecular weight excluding hydrogens is 563 g/mol. The van der Waals surface area contributed by atoms with Crippen LogP contribution in [0.15, 0.2) is 24.3 Å². The Morgan fingerprint density at radius 2 is 1.71 bits per heavy atom. The zero-order valence-electron chi connectivity index (χ0n) is 24.4. The minimum atomic E-state index is -5.19. The van der Waals surface area contributed by atoms with Crippen molar-refractivity contribution in [2.24, 2.45) is 5.92 Å². The Morgan fingerprint density at radius 3 is 2.26 bits per heavy atom. The topological polar surface area (TPSA) is 193 Å². The summed E-state index contributed by atoms with van der Waals surface area (Å²) in [6.45, 7) is 6.61. The molecule has 0 aliphatic rings. The van der Waals surface area contributed by atoms with Gasteiger partial charge in [-0.25, -0.2) is 0 Å². The molecule has 0 aliphatic heterocycles. The number of amides is 2. The molecule has 0 radical (unpaired) electrons. The van der Waals surface area contributed by atoms with E-state index in [0.717, 1.165) is 31.2 Å². The van der Waals surface area contributed by atoms with Crippen LogP contribution in [0.1, 0.15) is 71.3 Å². The lowest BCUT2D eigenvalue weighted by molar-refractivity contribution is -0.398. The lowest BCUT2D eigenvalue weighted by atomic mass is 9.93. The van der Waals surface area contributed by atoms with Gasteiger partial charge in [0.05, 0.1) is 18.8 Å². The van der Waals surface area contributed by atoms with E-state index in [0.29, 0.717) is 31.7 Å². The number of rotatable bonds is 18. The summed E-state index contributed by atoms with van der Waals surface area (Å²) in [7, 11) is 0. The monoisotopic (exact) mass is 607 g/mol. The van der Waals surface area contributed by atoms with Crippen LogP contribution in [-0.4, -0.2) is 71.5 Å². The maximum atomic E-state index is 12.4. The number of carboxylic acids is 2. The number of ether oxygens (including phenoxy) is 1. The zero-order valence-corrected chi connectivity index (χ0v) is 24.4. The SMILES string of the molecule is CCCCNC(=O)[C@H](C)C[C@H](O)[C@H](Cc1cccc(OCCCCCC(=O)O)c1)NC(=O)[C@H](C)[NH3+].O=C([O-])C(F)(F)F. The van der Waals surface area contributed by atoms with E-state index >= 15 is 0 Å². The van der Waals surface area contributed by atoms with Gasteiger partial charge in [0.15, 0.2) is 6.04 Å².